The molecule has 0 aliphatic carbocycles. The van der Waals surface area contributed by atoms with E-state index in [4.69, 9.17) is 5.73 Å². The van der Waals surface area contributed by atoms with Crippen LogP contribution in [-0.4, -0.2) is 24.7 Å². The number of hydrogen-bond acceptors (Lipinski definition) is 5. The number of aromatic nitrogens is 2. The van der Waals surface area contributed by atoms with Gasteiger partial charge in [0.05, 0.1) is 6.20 Å². The van der Waals surface area contributed by atoms with Gasteiger partial charge < -0.3 is 5.73 Å². The Morgan fingerprint density at radius 2 is 2.25 bits per heavy atom. The third-order valence-corrected chi connectivity index (χ3v) is 5.45. The van der Waals surface area contributed by atoms with Crippen molar-refractivity contribution in [3.8, 4) is 0 Å². The van der Waals surface area contributed by atoms with Crippen molar-refractivity contribution in [1.29, 1.82) is 0 Å². The van der Waals surface area contributed by atoms with Crippen LogP contribution < -0.4 is 10.5 Å². The van der Waals surface area contributed by atoms with Crippen LogP contribution in [0, 0.1) is 6.92 Å². The maximum atomic E-state index is 12.2. The molecule has 2 aromatic rings. The summed E-state index contributed by atoms with van der Waals surface area (Å²) in [5.41, 5.74) is 5.98. The highest BCUT2D eigenvalue weighted by molar-refractivity contribution is 7.89. The third kappa shape index (κ3) is 3.45. The van der Waals surface area contributed by atoms with Gasteiger partial charge in [0.25, 0.3) is 10.0 Å². The number of thiophene rings is 1. The van der Waals surface area contributed by atoms with Crippen molar-refractivity contribution in [2.24, 2.45) is 5.73 Å². The molecule has 6 nitrogen and oxygen atoms in total. The van der Waals surface area contributed by atoms with Gasteiger partial charge in [0.2, 0.25) is 0 Å². The molecule has 0 aliphatic heterocycles. The van der Waals surface area contributed by atoms with Crippen LogP contribution in [0.1, 0.15) is 22.2 Å². The number of aryl methyl sites for hydroxylation is 1. The van der Waals surface area contributed by atoms with Crippen LogP contribution in [0.15, 0.2) is 23.4 Å². The van der Waals surface area contributed by atoms with Crippen LogP contribution in [0.3, 0.4) is 0 Å². The highest BCUT2D eigenvalue weighted by Crippen LogP contribution is 2.18. The van der Waals surface area contributed by atoms with Gasteiger partial charge in [-0.15, -0.1) is 11.3 Å². The van der Waals surface area contributed by atoms with Gasteiger partial charge in [0.1, 0.15) is 0 Å². The van der Waals surface area contributed by atoms with Gasteiger partial charge in [-0.1, -0.05) is 0 Å². The fourth-order valence-electron chi connectivity index (χ4n) is 1.94. The van der Waals surface area contributed by atoms with Crippen LogP contribution in [-0.2, 0) is 23.0 Å². The fraction of sp³-hybridized carbons (Fsp3) is 0.417. The van der Waals surface area contributed by atoms with Crippen molar-refractivity contribution in [3.05, 3.63) is 33.6 Å². The SMILES string of the molecule is Cc1ccc(CC(C)NS(=O)(=O)c2[nH]ncc2CN)s1. The van der Waals surface area contributed by atoms with E-state index in [2.05, 4.69) is 14.9 Å². The minimum atomic E-state index is -3.62. The Hall–Kier alpha value is -1.22. The van der Waals surface area contributed by atoms with Crippen molar-refractivity contribution < 1.29 is 8.42 Å². The number of nitrogens with zero attached hydrogens (tertiary/aromatic N) is 1. The van der Waals surface area contributed by atoms with Crippen LogP contribution in [0.4, 0.5) is 0 Å². The summed E-state index contributed by atoms with van der Waals surface area (Å²) in [5, 5.41) is 6.27. The molecule has 2 rings (SSSR count). The summed E-state index contributed by atoms with van der Waals surface area (Å²) in [6, 6.07) is 3.85. The van der Waals surface area contributed by atoms with Crippen LogP contribution in [0.5, 0.6) is 0 Å². The number of nitrogens with one attached hydrogen (secondary N) is 2. The molecule has 110 valence electrons. The van der Waals surface area contributed by atoms with E-state index in [9.17, 15) is 8.42 Å². The fourth-order valence-corrected chi connectivity index (χ4v) is 4.34. The number of aromatic amines is 1. The Morgan fingerprint density at radius 3 is 2.85 bits per heavy atom. The molecule has 0 bridgehead atoms. The first kappa shape index (κ1) is 15.2. The van der Waals surface area contributed by atoms with Crippen LogP contribution in [0.2, 0.25) is 0 Å². The summed E-state index contributed by atoms with van der Waals surface area (Å²) in [7, 11) is -3.62. The van der Waals surface area contributed by atoms with E-state index in [1.807, 2.05) is 26.0 Å². The quantitative estimate of drug-likeness (QED) is 0.744. The second kappa shape index (κ2) is 6.04. The smallest absolute Gasteiger partial charge is 0.258 e. The zero-order valence-electron chi connectivity index (χ0n) is 11.4. The predicted octanol–water partition coefficient (Wildman–Crippen LogP) is 1.15. The van der Waals surface area contributed by atoms with E-state index < -0.39 is 10.0 Å². The van der Waals surface area contributed by atoms with Crippen molar-refractivity contribution >= 4 is 21.4 Å². The lowest BCUT2D eigenvalue weighted by molar-refractivity contribution is 0.555. The second-order valence-corrected chi connectivity index (χ2v) is 7.69. The number of nitrogens with two attached hydrogens (primary N) is 1. The first-order chi connectivity index (χ1) is 9.42. The number of hydrogen-bond donors (Lipinski definition) is 3. The van der Waals surface area contributed by atoms with E-state index in [-0.39, 0.29) is 17.6 Å². The average molecular weight is 314 g/mol. The van der Waals surface area contributed by atoms with Gasteiger partial charge in [-0.25, -0.2) is 13.1 Å². The maximum absolute atomic E-state index is 12.2. The monoisotopic (exact) mass is 314 g/mol. The normalized spacial score (nSPS) is 13.6. The summed E-state index contributed by atoms with van der Waals surface area (Å²) in [6.07, 6.45) is 2.09. The molecule has 0 spiro atoms. The molecule has 8 heteroatoms. The molecule has 0 fully saturated rings. The Bertz CT molecular complexity index is 675. The van der Waals surface area contributed by atoms with Crippen molar-refractivity contribution in [2.75, 3.05) is 0 Å². The first-order valence-electron chi connectivity index (χ1n) is 6.22. The number of sulfonamides is 1. The van der Waals surface area contributed by atoms with Crippen molar-refractivity contribution in [1.82, 2.24) is 14.9 Å². The predicted molar refractivity (Wildman–Crippen MR) is 79.0 cm³/mol. The number of H-pyrrole nitrogens is 1. The molecule has 0 aliphatic rings. The lowest BCUT2D eigenvalue weighted by Gasteiger charge is -2.13. The van der Waals surface area contributed by atoms with E-state index in [0.29, 0.717) is 12.0 Å². The maximum Gasteiger partial charge on any atom is 0.258 e. The minimum Gasteiger partial charge on any atom is -0.326 e. The molecule has 1 atom stereocenters. The summed E-state index contributed by atoms with van der Waals surface area (Å²) >= 11 is 1.67. The summed E-state index contributed by atoms with van der Waals surface area (Å²) in [4.78, 5) is 2.37. The third-order valence-electron chi connectivity index (χ3n) is 2.83. The summed E-state index contributed by atoms with van der Waals surface area (Å²) < 4.78 is 27.1. The topological polar surface area (TPSA) is 101 Å². The zero-order chi connectivity index (χ0) is 14.8. The molecule has 2 aromatic heterocycles. The van der Waals surface area contributed by atoms with Gasteiger partial charge in [0.15, 0.2) is 5.03 Å². The standard InChI is InChI=1S/C12H18N4O2S2/c1-8(5-11-4-3-9(2)19-11)16-20(17,18)12-10(6-13)7-14-15-12/h3-4,7-8,16H,5-6,13H2,1-2H3,(H,14,15). The lowest BCUT2D eigenvalue weighted by atomic mass is 10.2. The molecule has 0 saturated carbocycles. The van der Waals surface area contributed by atoms with Crippen LogP contribution in [0.25, 0.3) is 0 Å². The summed E-state index contributed by atoms with van der Waals surface area (Å²) in [6.45, 7) is 4.00. The zero-order valence-corrected chi connectivity index (χ0v) is 13.0. The largest absolute Gasteiger partial charge is 0.326 e. The molecule has 1 unspecified atom stereocenters. The van der Waals surface area contributed by atoms with Gasteiger partial charge in [0, 0.05) is 27.9 Å². The highest BCUT2D eigenvalue weighted by Gasteiger charge is 2.22. The van der Waals surface area contributed by atoms with Gasteiger partial charge >= 0.3 is 0 Å². The minimum absolute atomic E-state index is 0.0502. The molecule has 20 heavy (non-hydrogen) atoms. The first-order valence-corrected chi connectivity index (χ1v) is 8.52. The van der Waals surface area contributed by atoms with Gasteiger partial charge in [-0.05, 0) is 32.4 Å². The van der Waals surface area contributed by atoms with E-state index in [0.717, 1.165) is 4.88 Å². The molecule has 0 saturated heterocycles. The number of rotatable bonds is 6. The van der Waals surface area contributed by atoms with Crippen molar-refractivity contribution in [3.63, 3.8) is 0 Å². The van der Waals surface area contributed by atoms with Crippen LogP contribution >= 0.6 is 11.3 Å². The molecular formula is C12H18N4O2S2. The van der Waals surface area contributed by atoms with Crippen molar-refractivity contribution in [2.45, 2.75) is 37.9 Å². The Kier molecular flexibility index (Phi) is 4.59. The van der Waals surface area contributed by atoms with E-state index in [1.165, 1.54) is 11.1 Å². The lowest BCUT2D eigenvalue weighted by Crippen LogP contribution is -2.34. The molecule has 4 N–H and O–H groups in total. The second-order valence-electron chi connectivity index (χ2n) is 4.67. The van der Waals surface area contributed by atoms with Gasteiger partial charge in [-0.2, -0.15) is 5.10 Å². The average Bonchev–Trinajstić information content (AvgIpc) is 2.97. The highest BCUT2D eigenvalue weighted by atomic mass is 32.2. The molecule has 0 aromatic carbocycles. The molecular weight excluding hydrogens is 296 g/mol. The summed E-state index contributed by atoms with van der Waals surface area (Å²) in [5.74, 6) is 0. The molecule has 2 heterocycles. The van der Waals surface area contributed by atoms with Gasteiger partial charge in [-0.3, -0.25) is 5.10 Å². The molecule has 0 radical (unpaired) electrons. The molecule has 0 amide bonds. The van der Waals surface area contributed by atoms with E-state index in [1.54, 1.807) is 11.3 Å². The Morgan fingerprint density at radius 1 is 1.50 bits per heavy atom. The van der Waals surface area contributed by atoms with E-state index >= 15 is 0 Å². The Labute approximate surface area is 122 Å². The Balaban J connectivity index is 2.08.